The third-order valence-electron chi connectivity index (χ3n) is 4.09. The van der Waals surface area contributed by atoms with E-state index in [4.69, 9.17) is 5.26 Å². The second-order valence-electron chi connectivity index (χ2n) is 6.51. The number of benzene rings is 1. The summed E-state index contributed by atoms with van der Waals surface area (Å²) in [6.07, 6.45) is 3.65. The maximum absolute atomic E-state index is 12.6. The highest BCUT2D eigenvalue weighted by Gasteiger charge is 2.16. The number of hydrogen-bond acceptors (Lipinski definition) is 2. The molecule has 4 nitrogen and oxygen atoms in total. The number of hydrogen-bond donors (Lipinski definition) is 1. The lowest BCUT2D eigenvalue weighted by Crippen LogP contribution is -2.34. The monoisotopic (exact) mass is 311 g/mol. The van der Waals surface area contributed by atoms with E-state index in [1.54, 1.807) is 0 Å². The zero-order valence-corrected chi connectivity index (χ0v) is 14.2. The van der Waals surface area contributed by atoms with Crippen molar-refractivity contribution in [3.8, 4) is 6.07 Å². The summed E-state index contributed by atoms with van der Waals surface area (Å²) in [6.45, 7) is 7.59. The van der Waals surface area contributed by atoms with Crippen LogP contribution in [-0.2, 0) is 11.2 Å². The molecule has 1 heterocycles. The van der Waals surface area contributed by atoms with Gasteiger partial charge < -0.3 is 9.88 Å². The average Bonchev–Trinajstić information content (AvgIpc) is 2.89. The molecule has 2 aromatic rings. The highest BCUT2D eigenvalue weighted by atomic mass is 16.2. The molecule has 2 rings (SSSR count). The van der Waals surface area contributed by atoms with Crippen LogP contribution >= 0.6 is 0 Å². The number of nitriles is 1. The fourth-order valence-corrected chi connectivity index (χ4v) is 2.68. The summed E-state index contributed by atoms with van der Waals surface area (Å²) >= 11 is 0. The number of carbonyl (C=O) groups is 1. The van der Waals surface area contributed by atoms with E-state index in [9.17, 15) is 4.79 Å². The van der Waals surface area contributed by atoms with Crippen LogP contribution in [0.3, 0.4) is 0 Å². The molecule has 0 aliphatic carbocycles. The number of nitrogens with one attached hydrogen (secondary N) is 1. The van der Waals surface area contributed by atoms with E-state index < -0.39 is 0 Å². The molecule has 4 heteroatoms. The number of amides is 1. The lowest BCUT2D eigenvalue weighted by Gasteiger charge is -2.22. The molecule has 122 valence electrons. The van der Waals surface area contributed by atoms with E-state index in [0.29, 0.717) is 25.3 Å². The normalized spacial score (nSPS) is 10.9. The van der Waals surface area contributed by atoms with Crippen molar-refractivity contribution >= 4 is 16.8 Å². The molecule has 0 atom stereocenters. The Labute approximate surface area is 138 Å². The van der Waals surface area contributed by atoms with Crippen LogP contribution in [-0.4, -0.2) is 28.9 Å². The van der Waals surface area contributed by atoms with E-state index in [1.807, 2.05) is 11.1 Å². The highest BCUT2D eigenvalue weighted by molar-refractivity contribution is 5.89. The van der Waals surface area contributed by atoms with Gasteiger partial charge in [0.1, 0.15) is 0 Å². The number of fused-ring (bicyclic) bond motifs is 1. The summed E-state index contributed by atoms with van der Waals surface area (Å²) in [5.41, 5.74) is 3.29. The Morgan fingerprint density at radius 3 is 2.83 bits per heavy atom. The summed E-state index contributed by atoms with van der Waals surface area (Å²) in [4.78, 5) is 17.7. The molecule has 0 unspecified atom stereocenters. The smallest absolute Gasteiger partial charge is 0.227 e. The SMILES string of the molecule is Cc1ccc2c(CC(=O)N(CCC#N)CCC(C)C)c[nH]c2c1. The molecule has 0 spiro atoms. The number of rotatable bonds is 7. The summed E-state index contributed by atoms with van der Waals surface area (Å²) in [5.74, 6) is 0.644. The van der Waals surface area contributed by atoms with Gasteiger partial charge in [0, 0.05) is 30.2 Å². The largest absolute Gasteiger partial charge is 0.361 e. The van der Waals surface area contributed by atoms with E-state index >= 15 is 0 Å². The number of nitrogens with zero attached hydrogens (tertiary/aromatic N) is 2. The molecule has 0 aliphatic rings. The van der Waals surface area contributed by atoms with Crippen molar-refractivity contribution in [3.05, 3.63) is 35.5 Å². The quantitative estimate of drug-likeness (QED) is 0.845. The van der Waals surface area contributed by atoms with Crippen LogP contribution in [0.15, 0.2) is 24.4 Å². The zero-order chi connectivity index (χ0) is 16.8. The molecular formula is C19H25N3O. The molecule has 0 fully saturated rings. The van der Waals surface area contributed by atoms with E-state index in [0.717, 1.165) is 29.4 Å². The van der Waals surface area contributed by atoms with Gasteiger partial charge in [-0.15, -0.1) is 0 Å². The number of H-pyrrole nitrogens is 1. The first-order valence-corrected chi connectivity index (χ1v) is 8.22. The minimum atomic E-state index is 0.0994. The number of carbonyl (C=O) groups excluding carboxylic acids is 1. The molecule has 0 radical (unpaired) electrons. The molecule has 1 N–H and O–H groups in total. The molecule has 1 amide bonds. The Balaban J connectivity index is 2.11. The Morgan fingerprint density at radius 2 is 2.13 bits per heavy atom. The summed E-state index contributed by atoms with van der Waals surface area (Å²) in [5, 5.41) is 9.91. The fraction of sp³-hybridized carbons (Fsp3) is 0.474. The Bertz CT molecular complexity index is 709. The van der Waals surface area contributed by atoms with Gasteiger partial charge in [0.05, 0.1) is 18.9 Å². The molecule has 23 heavy (non-hydrogen) atoms. The van der Waals surface area contributed by atoms with Gasteiger partial charge in [0.2, 0.25) is 5.91 Å². The number of aromatic amines is 1. The predicted molar refractivity (Wildman–Crippen MR) is 93.0 cm³/mol. The predicted octanol–water partition coefficient (Wildman–Crippen LogP) is 3.81. The Morgan fingerprint density at radius 1 is 1.35 bits per heavy atom. The van der Waals surface area contributed by atoms with Gasteiger partial charge >= 0.3 is 0 Å². The van der Waals surface area contributed by atoms with Crippen molar-refractivity contribution in [1.29, 1.82) is 5.26 Å². The Hall–Kier alpha value is -2.28. The first-order valence-electron chi connectivity index (χ1n) is 8.22. The third kappa shape index (κ3) is 4.59. The van der Waals surface area contributed by atoms with Gasteiger partial charge in [-0.2, -0.15) is 5.26 Å². The first kappa shape index (κ1) is 17.1. The molecule has 0 aliphatic heterocycles. The summed E-state index contributed by atoms with van der Waals surface area (Å²) < 4.78 is 0. The second kappa shape index (κ2) is 7.82. The van der Waals surface area contributed by atoms with Gasteiger partial charge in [0.25, 0.3) is 0 Å². The van der Waals surface area contributed by atoms with Crippen molar-refractivity contribution in [2.24, 2.45) is 5.92 Å². The van der Waals surface area contributed by atoms with Crippen molar-refractivity contribution in [1.82, 2.24) is 9.88 Å². The highest BCUT2D eigenvalue weighted by Crippen LogP contribution is 2.20. The molecule has 1 aromatic heterocycles. The minimum Gasteiger partial charge on any atom is -0.361 e. The van der Waals surface area contributed by atoms with Crippen molar-refractivity contribution in [2.45, 2.75) is 40.0 Å². The van der Waals surface area contributed by atoms with Crippen LogP contribution in [0.25, 0.3) is 10.9 Å². The van der Waals surface area contributed by atoms with Gasteiger partial charge in [-0.1, -0.05) is 26.0 Å². The Kier molecular flexibility index (Phi) is 5.81. The molecule has 0 bridgehead atoms. The maximum Gasteiger partial charge on any atom is 0.227 e. The van der Waals surface area contributed by atoms with Gasteiger partial charge in [-0.05, 0) is 36.5 Å². The molecular weight excluding hydrogens is 286 g/mol. The van der Waals surface area contributed by atoms with Crippen molar-refractivity contribution < 1.29 is 4.79 Å². The van der Waals surface area contributed by atoms with Crippen LogP contribution in [0.1, 0.15) is 37.8 Å². The summed E-state index contributed by atoms with van der Waals surface area (Å²) in [6, 6.07) is 8.36. The standard InChI is InChI=1S/C19H25N3O/c1-14(2)7-10-22(9-4-8-20)19(23)12-16-13-21-18-11-15(3)5-6-17(16)18/h5-6,11,13-14,21H,4,7,9-10,12H2,1-3H3. The average molecular weight is 311 g/mol. The zero-order valence-electron chi connectivity index (χ0n) is 14.2. The van der Waals surface area contributed by atoms with Gasteiger partial charge in [-0.25, -0.2) is 0 Å². The first-order chi connectivity index (χ1) is 11.0. The van der Waals surface area contributed by atoms with Gasteiger partial charge in [0.15, 0.2) is 0 Å². The van der Waals surface area contributed by atoms with Crippen LogP contribution < -0.4 is 0 Å². The lowest BCUT2D eigenvalue weighted by atomic mass is 10.1. The van der Waals surface area contributed by atoms with E-state index in [-0.39, 0.29) is 5.91 Å². The van der Waals surface area contributed by atoms with Gasteiger partial charge in [-0.3, -0.25) is 4.79 Å². The second-order valence-corrected chi connectivity index (χ2v) is 6.51. The topological polar surface area (TPSA) is 59.9 Å². The minimum absolute atomic E-state index is 0.0994. The molecule has 0 saturated heterocycles. The van der Waals surface area contributed by atoms with Crippen LogP contribution in [0, 0.1) is 24.2 Å². The number of aromatic nitrogens is 1. The van der Waals surface area contributed by atoms with Crippen molar-refractivity contribution in [2.75, 3.05) is 13.1 Å². The van der Waals surface area contributed by atoms with E-state index in [1.165, 1.54) is 5.56 Å². The molecule has 1 aromatic carbocycles. The van der Waals surface area contributed by atoms with Crippen LogP contribution in [0.5, 0.6) is 0 Å². The van der Waals surface area contributed by atoms with Crippen LogP contribution in [0.2, 0.25) is 0 Å². The molecule has 0 saturated carbocycles. The third-order valence-corrected chi connectivity index (χ3v) is 4.09. The van der Waals surface area contributed by atoms with Crippen LogP contribution in [0.4, 0.5) is 0 Å². The van der Waals surface area contributed by atoms with Crippen molar-refractivity contribution in [3.63, 3.8) is 0 Å². The maximum atomic E-state index is 12.6. The summed E-state index contributed by atoms with van der Waals surface area (Å²) in [7, 11) is 0. The van der Waals surface area contributed by atoms with E-state index in [2.05, 4.69) is 50.0 Å². The fourth-order valence-electron chi connectivity index (χ4n) is 2.68. The lowest BCUT2D eigenvalue weighted by molar-refractivity contribution is -0.130. The number of aryl methyl sites for hydroxylation is 1.